The predicted octanol–water partition coefficient (Wildman–Crippen LogP) is 1.31. The number of nitrogens with one attached hydrogen (secondary N) is 1. The molecule has 0 bridgehead atoms. The molecule has 0 aromatic carbocycles. The van der Waals surface area contributed by atoms with Gasteiger partial charge in [-0.15, -0.1) is 0 Å². The summed E-state index contributed by atoms with van der Waals surface area (Å²) in [6.45, 7) is 0. The van der Waals surface area contributed by atoms with Crippen LogP contribution in [-0.2, 0) is 4.74 Å². The Balaban J connectivity index is 2.22. The number of rotatable bonds is 5. The van der Waals surface area contributed by atoms with Crippen molar-refractivity contribution in [3.63, 3.8) is 0 Å². The third-order valence-electron chi connectivity index (χ3n) is 3.59. The summed E-state index contributed by atoms with van der Waals surface area (Å²) in [5.74, 6) is 0. The molecule has 0 saturated heterocycles. The molecule has 0 radical (unpaired) electrons. The molecule has 1 aliphatic rings. The molecule has 1 saturated carbocycles. The summed E-state index contributed by atoms with van der Waals surface area (Å²) in [6, 6.07) is 0.524. The largest absolute Gasteiger partial charge is 0.467 e. The van der Waals surface area contributed by atoms with E-state index in [1.54, 1.807) is 26.6 Å². The van der Waals surface area contributed by atoms with Gasteiger partial charge in [0.15, 0.2) is 0 Å². The lowest BCUT2D eigenvalue weighted by molar-refractivity contribution is -0.0984. The van der Waals surface area contributed by atoms with E-state index in [1.165, 1.54) is 6.42 Å². The standard InChI is InChI=1S/C12H19N3O2/c1-13-10(12(17-3)5-4-6-12)9-7-14-11(16-2)15-8-9/h7-8,10,13H,4-6H2,1-3H3. The van der Waals surface area contributed by atoms with Gasteiger partial charge in [0.05, 0.1) is 18.8 Å². The summed E-state index contributed by atoms with van der Waals surface area (Å²) >= 11 is 0. The van der Waals surface area contributed by atoms with Crippen LogP contribution in [0.2, 0.25) is 0 Å². The topological polar surface area (TPSA) is 56.3 Å². The maximum Gasteiger partial charge on any atom is 0.316 e. The van der Waals surface area contributed by atoms with Crippen molar-refractivity contribution in [3.05, 3.63) is 18.0 Å². The monoisotopic (exact) mass is 237 g/mol. The Kier molecular flexibility index (Phi) is 3.59. The molecule has 1 unspecified atom stereocenters. The third-order valence-corrected chi connectivity index (χ3v) is 3.59. The summed E-state index contributed by atoms with van der Waals surface area (Å²) in [6.07, 6.45) is 6.95. The summed E-state index contributed by atoms with van der Waals surface area (Å²) in [5.41, 5.74) is 0.932. The molecule has 17 heavy (non-hydrogen) atoms. The van der Waals surface area contributed by atoms with Gasteiger partial charge in [-0.2, -0.15) is 0 Å². The van der Waals surface area contributed by atoms with Crippen LogP contribution in [0.5, 0.6) is 6.01 Å². The number of methoxy groups -OCH3 is 2. The first-order chi connectivity index (χ1) is 8.25. The lowest BCUT2D eigenvalue weighted by Gasteiger charge is -2.46. The zero-order chi connectivity index (χ0) is 12.3. The lowest BCUT2D eigenvalue weighted by Crippen LogP contribution is -2.49. The molecule has 1 aliphatic carbocycles. The van der Waals surface area contributed by atoms with Crippen LogP contribution in [0.15, 0.2) is 12.4 Å². The summed E-state index contributed by atoms with van der Waals surface area (Å²) in [4.78, 5) is 8.29. The van der Waals surface area contributed by atoms with Crippen molar-refractivity contribution >= 4 is 0 Å². The highest BCUT2D eigenvalue weighted by Gasteiger charge is 2.44. The Morgan fingerprint density at radius 2 is 1.94 bits per heavy atom. The van der Waals surface area contributed by atoms with Crippen LogP contribution < -0.4 is 10.1 Å². The SMILES string of the molecule is CNC(c1cnc(OC)nc1)C1(OC)CCC1. The Hall–Kier alpha value is -1.20. The Morgan fingerprint density at radius 1 is 1.29 bits per heavy atom. The van der Waals surface area contributed by atoms with Crippen molar-refractivity contribution in [2.45, 2.75) is 30.9 Å². The van der Waals surface area contributed by atoms with Crippen LogP contribution in [0.3, 0.4) is 0 Å². The molecular formula is C12H19N3O2. The molecule has 94 valence electrons. The van der Waals surface area contributed by atoms with E-state index in [4.69, 9.17) is 9.47 Å². The van der Waals surface area contributed by atoms with Gasteiger partial charge in [0.25, 0.3) is 0 Å². The van der Waals surface area contributed by atoms with E-state index in [9.17, 15) is 0 Å². The fraction of sp³-hybridized carbons (Fsp3) is 0.667. The number of aromatic nitrogens is 2. The average molecular weight is 237 g/mol. The van der Waals surface area contributed by atoms with Crippen LogP contribution >= 0.6 is 0 Å². The lowest BCUT2D eigenvalue weighted by atomic mass is 9.72. The zero-order valence-corrected chi connectivity index (χ0v) is 10.6. The van der Waals surface area contributed by atoms with E-state index in [2.05, 4.69) is 15.3 Å². The molecule has 1 N–H and O–H groups in total. The average Bonchev–Trinajstić information content (AvgIpc) is 2.34. The van der Waals surface area contributed by atoms with Gasteiger partial charge in [-0.05, 0) is 26.3 Å². The van der Waals surface area contributed by atoms with Crippen LogP contribution in [0.1, 0.15) is 30.9 Å². The smallest absolute Gasteiger partial charge is 0.316 e. The van der Waals surface area contributed by atoms with Gasteiger partial charge in [0, 0.05) is 25.1 Å². The highest BCUT2D eigenvalue weighted by Crippen LogP contribution is 2.44. The maximum absolute atomic E-state index is 5.69. The van der Waals surface area contributed by atoms with Gasteiger partial charge >= 0.3 is 6.01 Å². The zero-order valence-electron chi connectivity index (χ0n) is 10.6. The van der Waals surface area contributed by atoms with Gasteiger partial charge in [-0.3, -0.25) is 0 Å². The second kappa shape index (κ2) is 4.98. The van der Waals surface area contributed by atoms with Crippen molar-refractivity contribution in [2.24, 2.45) is 0 Å². The molecule has 5 heteroatoms. The fourth-order valence-corrected chi connectivity index (χ4v) is 2.45. The number of ether oxygens (including phenoxy) is 2. The van der Waals surface area contributed by atoms with Crippen LogP contribution in [-0.4, -0.2) is 36.8 Å². The molecule has 0 spiro atoms. The van der Waals surface area contributed by atoms with Gasteiger partial charge in [-0.1, -0.05) is 0 Å². The van der Waals surface area contributed by atoms with Crippen LogP contribution in [0.4, 0.5) is 0 Å². The van der Waals surface area contributed by atoms with Crippen molar-refractivity contribution in [3.8, 4) is 6.01 Å². The minimum absolute atomic E-state index is 0.104. The molecule has 1 fully saturated rings. The first-order valence-corrected chi connectivity index (χ1v) is 5.84. The summed E-state index contributed by atoms with van der Waals surface area (Å²) < 4.78 is 10.6. The predicted molar refractivity (Wildman–Crippen MR) is 64.0 cm³/mol. The normalized spacial score (nSPS) is 19.5. The first kappa shape index (κ1) is 12.3. The Morgan fingerprint density at radius 3 is 2.29 bits per heavy atom. The van der Waals surface area contributed by atoms with Gasteiger partial charge in [0.1, 0.15) is 0 Å². The first-order valence-electron chi connectivity index (χ1n) is 5.84. The number of nitrogens with zero attached hydrogens (tertiary/aromatic N) is 2. The van der Waals surface area contributed by atoms with Crippen molar-refractivity contribution in [1.82, 2.24) is 15.3 Å². The molecule has 5 nitrogen and oxygen atoms in total. The molecule has 1 atom stereocenters. The Bertz CT molecular complexity index is 357. The molecule has 1 aromatic heterocycles. The van der Waals surface area contributed by atoms with Gasteiger partial charge in [-0.25, -0.2) is 9.97 Å². The van der Waals surface area contributed by atoms with Crippen molar-refractivity contribution in [2.75, 3.05) is 21.3 Å². The maximum atomic E-state index is 5.69. The van der Waals surface area contributed by atoms with E-state index in [1.807, 2.05) is 7.05 Å². The minimum Gasteiger partial charge on any atom is -0.467 e. The summed E-state index contributed by atoms with van der Waals surface area (Å²) in [7, 11) is 5.27. The van der Waals surface area contributed by atoms with Gasteiger partial charge < -0.3 is 14.8 Å². The minimum atomic E-state index is -0.104. The second-order valence-electron chi connectivity index (χ2n) is 4.35. The third kappa shape index (κ3) is 2.12. The second-order valence-corrected chi connectivity index (χ2v) is 4.35. The van der Waals surface area contributed by atoms with Crippen LogP contribution in [0, 0.1) is 0 Å². The van der Waals surface area contributed by atoms with Crippen molar-refractivity contribution < 1.29 is 9.47 Å². The molecule has 0 aliphatic heterocycles. The van der Waals surface area contributed by atoms with Gasteiger partial charge in [0.2, 0.25) is 0 Å². The van der Waals surface area contributed by atoms with Crippen LogP contribution in [0.25, 0.3) is 0 Å². The van der Waals surface area contributed by atoms with Crippen molar-refractivity contribution in [1.29, 1.82) is 0 Å². The number of hydrogen-bond acceptors (Lipinski definition) is 5. The molecule has 1 heterocycles. The molecular weight excluding hydrogens is 218 g/mol. The highest BCUT2D eigenvalue weighted by molar-refractivity contribution is 5.19. The molecule has 1 aromatic rings. The van der Waals surface area contributed by atoms with E-state index in [-0.39, 0.29) is 11.6 Å². The molecule has 2 rings (SSSR count). The molecule has 0 amide bonds. The highest BCUT2D eigenvalue weighted by atomic mass is 16.5. The Labute approximate surface area is 102 Å². The number of likely N-dealkylation sites (N-methyl/N-ethyl adjacent to an activating group) is 1. The van der Waals surface area contributed by atoms with E-state index < -0.39 is 0 Å². The van der Waals surface area contributed by atoms with E-state index >= 15 is 0 Å². The summed E-state index contributed by atoms with van der Waals surface area (Å²) in [5, 5.41) is 3.30. The number of hydrogen-bond donors (Lipinski definition) is 1. The van der Waals surface area contributed by atoms with E-state index in [0.717, 1.165) is 18.4 Å². The van der Waals surface area contributed by atoms with E-state index in [0.29, 0.717) is 6.01 Å². The fourth-order valence-electron chi connectivity index (χ4n) is 2.45. The quantitative estimate of drug-likeness (QED) is 0.837.